The van der Waals surface area contributed by atoms with E-state index in [-0.39, 0.29) is 12.4 Å². The molecule has 250 valence electrons. The number of hydrogen-bond donors (Lipinski definition) is 2. The minimum Gasteiger partial charge on any atom is -0.497 e. The second-order valence-electron chi connectivity index (χ2n) is 13.0. The van der Waals surface area contributed by atoms with Crippen molar-refractivity contribution in [2.45, 2.75) is 68.7 Å². The quantitative estimate of drug-likeness (QED) is 0.177. The summed E-state index contributed by atoms with van der Waals surface area (Å²) in [7, 11) is 1.22. The lowest BCUT2D eigenvalue weighted by Crippen LogP contribution is -2.60. The zero-order chi connectivity index (χ0) is 34.0. The minimum atomic E-state index is -2.03. The number of hydrogen-bond acceptors (Lipinski definition) is 9. The van der Waals surface area contributed by atoms with Crippen LogP contribution in [0.1, 0.15) is 37.5 Å². The van der Waals surface area contributed by atoms with Gasteiger partial charge in [-0.2, -0.15) is 4.98 Å². The van der Waals surface area contributed by atoms with Crippen molar-refractivity contribution in [1.29, 1.82) is 0 Å². The molecular formula is C36H45N3O7Si. The number of benzene rings is 3. The van der Waals surface area contributed by atoms with Gasteiger partial charge >= 0.3 is 5.69 Å². The summed E-state index contributed by atoms with van der Waals surface area (Å²) < 4.78 is 32.9. The van der Waals surface area contributed by atoms with Gasteiger partial charge in [0, 0.05) is 6.20 Å². The summed E-state index contributed by atoms with van der Waals surface area (Å²) in [5.41, 5.74) is 6.05. The van der Waals surface area contributed by atoms with Crippen molar-refractivity contribution >= 4 is 14.6 Å². The van der Waals surface area contributed by atoms with E-state index in [1.165, 1.54) is 4.57 Å². The third-order valence-electron chi connectivity index (χ3n) is 8.59. The molecule has 0 unspecified atom stereocenters. The maximum atomic E-state index is 13.4. The molecule has 0 bridgehead atoms. The van der Waals surface area contributed by atoms with Gasteiger partial charge in [-0.3, -0.25) is 4.57 Å². The molecule has 0 aliphatic carbocycles. The first-order chi connectivity index (χ1) is 22.4. The van der Waals surface area contributed by atoms with Crippen molar-refractivity contribution in [2.24, 2.45) is 0 Å². The van der Waals surface area contributed by atoms with Gasteiger partial charge in [-0.05, 0) is 67.8 Å². The molecule has 5 rings (SSSR count). The van der Waals surface area contributed by atoms with Gasteiger partial charge in [-0.25, -0.2) is 4.79 Å². The second kappa shape index (κ2) is 13.6. The summed E-state index contributed by atoms with van der Waals surface area (Å²) >= 11 is 0. The fraction of sp³-hybridized carbons (Fsp3) is 0.389. The molecule has 10 nitrogen and oxygen atoms in total. The Morgan fingerprint density at radius 3 is 1.89 bits per heavy atom. The Labute approximate surface area is 277 Å². The van der Waals surface area contributed by atoms with Crippen LogP contribution in [0.2, 0.25) is 13.1 Å². The number of anilines is 1. The molecule has 47 heavy (non-hydrogen) atoms. The predicted octanol–water partition coefficient (Wildman–Crippen LogP) is 4.47. The number of aliphatic hydroxyl groups excluding tert-OH is 1. The summed E-state index contributed by atoms with van der Waals surface area (Å²) in [6, 6.07) is 26.9. The van der Waals surface area contributed by atoms with Crippen molar-refractivity contribution in [3.05, 3.63) is 118 Å². The topological polar surface area (TPSA) is 127 Å². The first kappa shape index (κ1) is 34.3. The lowest BCUT2D eigenvalue weighted by atomic mass is 9.80. The van der Waals surface area contributed by atoms with Crippen LogP contribution in [0.4, 0.5) is 5.82 Å². The smallest absolute Gasteiger partial charge is 0.351 e. The van der Waals surface area contributed by atoms with Crippen LogP contribution < -0.4 is 20.9 Å². The molecule has 0 amide bonds. The molecular weight excluding hydrogens is 614 g/mol. The second-order valence-corrected chi connectivity index (χ2v) is 16.2. The standard InChI is InChI=1S/C36H45N3O7Si/c1-34(2,3)46-32-31(40)29(45-36(32,47(6)7)39-22-21-30(37)38-33(39)41)23-44-35(24-11-9-8-10-12-24,25-13-17-27(42-4)18-14-25)26-15-19-28(43-5)20-16-26/h8-22,29,31-32,40,47H,23H2,1-7H3,(H2,37,38,41)/t29-,31-,32-,36+/m1/s1. The summed E-state index contributed by atoms with van der Waals surface area (Å²) in [6.07, 6.45) is -1.33. The Morgan fingerprint density at radius 2 is 1.43 bits per heavy atom. The van der Waals surface area contributed by atoms with E-state index in [4.69, 9.17) is 29.4 Å². The van der Waals surface area contributed by atoms with E-state index in [0.29, 0.717) is 11.5 Å². The molecule has 0 saturated carbocycles. The summed E-state index contributed by atoms with van der Waals surface area (Å²) in [4.78, 5) is 17.4. The van der Waals surface area contributed by atoms with E-state index in [1.807, 2.05) is 99.6 Å². The monoisotopic (exact) mass is 659 g/mol. The van der Waals surface area contributed by atoms with Crippen LogP contribution in [0.3, 0.4) is 0 Å². The molecule has 3 N–H and O–H groups in total. The summed E-state index contributed by atoms with van der Waals surface area (Å²) in [5.74, 6) is 1.51. The zero-order valence-corrected chi connectivity index (χ0v) is 29.2. The van der Waals surface area contributed by atoms with Gasteiger partial charge in [0.2, 0.25) is 0 Å². The number of nitrogen functional groups attached to an aromatic ring is 1. The number of nitrogens with two attached hydrogens (primary N) is 1. The van der Waals surface area contributed by atoms with E-state index in [9.17, 15) is 9.90 Å². The maximum Gasteiger partial charge on any atom is 0.351 e. The average Bonchev–Trinajstić information content (AvgIpc) is 3.32. The number of methoxy groups -OCH3 is 2. The Morgan fingerprint density at radius 1 is 0.894 bits per heavy atom. The lowest BCUT2D eigenvalue weighted by molar-refractivity contribution is -0.156. The lowest BCUT2D eigenvalue weighted by Gasteiger charge is -2.41. The zero-order valence-electron chi connectivity index (χ0n) is 28.0. The van der Waals surface area contributed by atoms with Crippen molar-refractivity contribution in [1.82, 2.24) is 9.55 Å². The van der Waals surface area contributed by atoms with E-state index in [0.717, 1.165) is 16.7 Å². The highest BCUT2D eigenvalue weighted by atomic mass is 28.3. The minimum absolute atomic E-state index is 0.0435. The van der Waals surface area contributed by atoms with Crippen LogP contribution in [-0.4, -0.2) is 68.2 Å². The molecule has 2 heterocycles. The van der Waals surface area contributed by atoms with Gasteiger partial charge in [0.25, 0.3) is 0 Å². The number of nitrogens with zero attached hydrogens (tertiary/aromatic N) is 2. The fourth-order valence-electron chi connectivity index (χ4n) is 6.39. The number of aliphatic hydroxyl groups is 1. The molecule has 4 aromatic rings. The van der Waals surface area contributed by atoms with Crippen LogP contribution in [0.15, 0.2) is 95.9 Å². The molecule has 0 radical (unpaired) electrons. The Balaban J connectivity index is 1.65. The summed E-state index contributed by atoms with van der Waals surface area (Å²) in [6.45, 7) is 9.80. The molecule has 11 heteroatoms. The Bertz CT molecular complexity index is 1640. The van der Waals surface area contributed by atoms with Gasteiger partial charge < -0.3 is 34.5 Å². The highest BCUT2D eigenvalue weighted by molar-refractivity contribution is 6.58. The fourth-order valence-corrected chi connectivity index (χ4v) is 8.51. The van der Waals surface area contributed by atoms with Crippen LogP contribution in [0, 0.1) is 0 Å². The highest BCUT2D eigenvalue weighted by Gasteiger charge is 2.60. The normalized spacial score (nSPS) is 21.6. The van der Waals surface area contributed by atoms with Crippen LogP contribution >= 0.6 is 0 Å². The molecule has 1 aliphatic heterocycles. The predicted molar refractivity (Wildman–Crippen MR) is 184 cm³/mol. The van der Waals surface area contributed by atoms with E-state index in [2.05, 4.69) is 18.1 Å². The number of ether oxygens (including phenoxy) is 5. The molecule has 1 fully saturated rings. The number of rotatable bonds is 11. The molecule has 1 aromatic heterocycles. The first-order valence-corrected chi connectivity index (χ1v) is 18.6. The van der Waals surface area contributed by atoms with Crippen LogP contribution in [0.25, 0.3) is 0 Å². The van der Waals surface area contributed by atoms with E-state index >= 15 is 0 Å². The number of aromatic nitrogens is 2. The van der Waals surface area contributed by atoms with E-state index < -0.39 is 49.3 Å². The SMILES string of the molecule is COc1ccc(C(OC[C@H]2O[C@](n3ccc(N)nc3=O)([SiH](C)C)[C@H](OC(C)(C)C)[C@@H]2O)(c2ccccc2)c2ccc(OC)cc2)cc1. The molecule has 0 spiro atoms. The maximum absolute atomic E-state index is 13.4. The Hall–Kier alpha value is -4.00. The van der Waals surface area contributed by atoms with Crippen molar-refractivity contribution in [3.63, 3.8) is 0 Å². The third kappa shape index (κ3) is 6.59. The molecule has 4 atom stereocenters. The van der Waals surface area contributed by atoms with Crippen molar-refractivity contribution < 1.29 is 28.8 Å². The van der Waals surface area contributed by atoms with Gasteiger partial charge in [0.15, 0.2) is 5.35 Å². The highest BCUT2D eigenvalue weighted by Crippen LogP contribution is 2.45. The third-order valence-corrected chi connectivity index (χ3v) is 11.0. The average molecular weight is 660 g/mol. The van der Waals surface area contributed by atoms with E-state index in [1.54, 1.807) is 26.5 Å². The summed E-state index contributed by atoms with van der Waals surface area (Å²) in [5, 5.41) is 10.8. The Kier molecular flexibility index (Phi) is 9.95. The van der Waals surface area contributed by atoms with Gasteiger partial charge in [-0.1, -0.05) is 67.7 Å². The largest absolute Gasteiger partial charge is 0.497 e. The van der Waals surface area contributed by atoms with Gasteiger partial charge in [0.05, 0.1) is 35.2 Å². The van der Waals surface area contributed by atoms with Gasteiger partial charge in [0.1, 0.15) is 41.2 Å². The molecule has 3 aromatic carbocycles. The molecule has 1 aliphatic rings. The van der Waals surface area contributed by atoms with Crippen LogP contribution in [0.5, 0.6) is 11.5 Å². The van der Waals surface area contributed by atoms with Gasteiger partial charge in [-0.15, -0.1) is 0 Å². The first-order valence-electron chi connectivity index (χ1n) is 15.7. The van der Waals surface area contributed by atoms with Crippen molar-refractivity contribution in [2.75, 3.05) is 26.6 Å². The molecule has 1 saturated heterocycles. The van der Waals surface area contributed by atoms with Crippen molar-refractivity contribution in [3.8, 4) is 11.5 Å². The van der Waals surface area contributed by atoms with Crippen LogP contribution in [-0.2, 0) is 25.2 Å².